The monoisotopic (exact) mass is 341 g/mol. The van der Waals surface area contributed by atoms with E-state index >= 15 is 0 Å². The van der Waals surface area contributed by atoms with Gasteiger partial charge in [0.25, 0.3) is 0 Å². The average Bonchev–Trinajstić information content (AvgIpc) is 2.33. The maximum absolute atomic E-state index is 12.7. The van der Waals surface area contributed by atoms with Gasteiger partial charge in [0.15, 0.2) is 0 Å². The molecular weight excluding hydrogens is 328 g/mol. The predicted molar refractivity (Wildman–Crippen MR) is 77.6 cm³/mol. The molecule has 0 atom stereocenters. The van der Waals surface area contributed by atoms with E-state index in [0.717, 1.165) is 11.3 Å². The lowest BCUT2D eigenvalue weighted by molar-refractivity contribution is 0.627. The molecule has 0 saturated heterocycles. The van der Waals surface area contributed by atoms with Crippen LogP contribution >= 0.6 is 22.6 Å². The zero-order chi connectivity index (χ0) is 12.3. The lowest BCUT2D eigenvalue weighted by Crippen LogP contribution is -1.99. The summed E-state index contributed by atoms with van der Waals surface area (Å²) in [5.74, 6) is -0.196. The van der Waals surface area contributed by atoms with Crippen molar-refractivity contribution in [1.82, 2.24) is 0 Å². The van der Waals surface area contributed by atoms with Gasteiger partial charge in [0.1, 0.15) is 5.82 Å². The Morgan fingerprint density at radius 2 is 1.82 bits per heavy atom. The smallest absolute Gasteiger partial charge is 0.123 e. The first kappa shape index (κ1) is 12.4. The van der Waals surface area contributed by atoms with Crippen LogP contribution in [-0.4, -0.2) is 0 Å². The molecule has 0 aliphatic carbocycles. The van der Waals surface area contributed by atoms with Crippen molar-refractivity contribution < 1.29 is 4.39 Å². The molecule has 3 heteroatoms. The van der Waals surface area contributed by atoms with Crippen molar-refractivity contribution in [3.63, 3.8) is 0 Å². The Morgan fingerprint density at radius 1 is 1.12 bits per heavy atom. The van der Waals surface area contributed by atoms with Crippen molar-refractivity contribution in [2.45, 2.75) is 13.5 Å². The molecule has 1 nitrogen and oxygen atoms in total. The number of anilines is 1. The summed E-state index contributed by atoms with van der Waals surface area (Å²) in [6.45, 7) is 2.80. The molecule has 2 aromatic carbocycles. The molecule has 0 radical (unpaired) electrons. The number of hydrogen-bond acceptors (Lipinski definition) is 1. The van der Waals surface area contributed by atoms with E-state index in [2.05, 4.69) is 53.0 Å². The van der Waals surface area contributed by atoms with E-state index in [1.807, 2.05) is 0 Å². The summed E-state index contributed by atoms with van der Waals surface area (Å²) in [4.78, 5) is 0. The van der Waals surface area contributed by atoms with Gasteiger partial charge in [-0.2, -0.15) is 0 Å². The summed E-state index contributed by atoms with van der Waals surface area (Å²) in [5.41, 5.74) is 3.43. The van der Waals surface area contributed by atoms with Gasteiger partial charge in [0.05, 0.1) is 0 Å². The van der Waals surface area contributed by atoms with Gasteiger partial charge in [-0.15, -0.1) is 0 Å². The highest BCUT2D eigenvalue weighted by atomic mass is 127. The predicted octanol–water partition coefficient (Wildman–Crippen LogP) is 4.35. The fourth-order valence-corrected chi connectivity index (χ4v) is 2.02. The quantitative estimate of drug-likeness (QED) is 0.819. The Hall–Kier alpha value is -1.10. The molecule has 0 amide bonds. The van der Waals surface area contributed by atoms with E-state index in [0.29, 0.717) is 6.54 Å². The lowest BCUT2D eigenvalue weighted by atomic mass is 10.2. The molecule has 0 saturated carbocycles. The van der Waals surface area contributed by atoms with Crippen LogP contribution in [0.25, 0.3) is 0 Å². The minimum absolute atomic E-state index is 0.196. The number of halogens is 2. The second-order valence-electron chi connectivity index (χ2n) is 3.94. The van der Waals surface area contributed by atoms with Crippen molar-refractivity contribution in [1.29, 1.82) is 0 Å². The van der Waals surface area contributed by atoms with Crippen molar-refractivity contribution >= 4 is 28.3 Å². The highest BCUT2D eigenvalue weighted by molar-refractivity contribution is 14.1. The third-order valence-corrected chi connectivity index (χ3v) is 3.74. The SMILES string of the molecule is Cc1ccc(NCc2ccc(F)cc2)cc1I. The van der Waals surface area contributed by atoms with Crippen LogP contribution in [0.3, 0.4) is 0 Å². The first-order valence-electron chi connectivity index (χ1n) is 5.39. The summed E-state index contributed by atoms with van der Waals surface area (Å²) in [7, 11) is 0. The average molecular weight is 341 g/mol. The van der Waals surface area contributed by atoms with Crippen LogP contribution < -0.4 is 5.32 Å². The Labute approximate surface area is 114 Å². The fourth-order valence-electron chi connectivity index (χ4n) is 1.51. The first-order valence-corrected chi connectivity index (χ1v) is 6.47. The number of benzene rings is 2. The van der Waals surface area contributed by atoms with Crippen molar-refractivity contribution in [2.75, 3.05) is 5.32 Å². The summed E-state index contributed by atoms with van der Waals surface area (Å²) < 4.78 is 14.0. The van der Waals surface area contributed by atoms with Crippen molar-refractivity contribution in [3.8, 4) is 0 Å². The van der Waals surface area contributed by atoms with E-state index in [1.54, 1.807) is 12.1 Å². The zero-order valence-corrected chi connectivity index (χ0v) is 11.7. The van der Waals surface area contributed by atoms with Gasteiger partial charge in [-0.05, 0) is 64.9 Å². The molecule has 0 aromatic heterocycles. The number of hydrogen-bond donors (Lipinski definition) is 1. The maximum Gasteiger partial charge on any atom is 0.123 e. The molecule has 2 aromatic rings. The normalized spacial score (nSPS) is 10.3. The van der Waals surface area contributed by atoms with Gasteiger partial charge in [0.2, 0.25) is 0 Å². The highest BCUT2D eigenvalue weighted by Gasteiger charge is 1.98. The zero-order valence-electron chi connectivity index (χ0n) is 9.50. The molecule has 1 N–H and O–H groups in total. The fraction of sp³-hybridized carbons (Fsp3) is 0.143. The van der Waals surface area contributed by atoms with Crippen LogP contribution in [0.15, 0.2) is 42.5 Å². The molecule has 0 aliphatic heterocycles. The van der Waals surface area contributed by atoms with Crippen LogP contribution in [0, 0.1) is 16.3 Å². The van der Waals surface area contributed by atoms with E-state index in [1.165, 1.54) is 21.3 Å². The minimum atomic E-state index is -0.196. The molecule has 2 rings (SSSR count). The van der Waals surface area contributed by atoms with Gasteiger partial charge >= 0.3 is 0 Å². The Kier molecular flexibility index (Phi) is 3.99. The largest absolute Gasteiger partial charge is 0.381 e. The van der Waals surface area contributed by atoms with E-state index in [-0.39, 0.29) is 5.82 Å². The summed E-state index contributed by atoms with van der Waals surface area (Å²) in [5, 5.41) is 3.32. The van der Waals surface area contributed by atoms with Crippen LogP contribution in [-0.2, 0) is 6.54 Å². The Morgan fingerprint density at radius 3 is 2.47 bits per heavy atom. The van der Waals surface area contributed by atoms with E-state index < -0.39 is 0 Å². The molecule has 0 unspecified atom stereocenters. The molecule has 0 bridgehead atoms. The van der Waals surface area contributed by atoms with Gasteiger partial charge in [-0.25, -0.2) is 4.39 Å². The molecule has 0 spiro atoms. The topological polar surface area (TPSA) is 12.0 Å². The third kappa shape index (κ3) is 3.43. The van der Waals surface area contributed by atoms with E-state index in [9.17, 15) is 4.39 Å². The van der Waals surface area contributed by atoms with Crippen LogP contribution in [0.5, 0.6) is 0 Å². The van der Waals surface area contributed by atoms with Crippen molar-refractivity contribution in [3.05, 3.63) is 63.0 Å². The molecule has 88 valence electrons. The standard InChI is InChI=1S/C14H13FIN/c1-10-2-7-13(8-14(10)16)17-9-11-3-5-12(15)6-4-11/h2-8,17H,9H2,1H3. The van der Waals surface area contributed by atoms with Gasteiger partial charge in [-0.3, -0.25) is 0 Å². The van der Waals surface area contributed by atoms with E-state index in [4.69, 9.17) is 0 Å². The molecule has 0 heterocycles. The number of rotatable bonds is 3. The molecule has 17 heavy (non-hydrogen) atoms. The molecular formula is C14H13FIN. The lowest BCUT2D eigenvalue weighted by Gasteiger charge is -2.08. The maximum atomic E-state index is 12.7. The van der Waals surface area contributed by atoms with Crippen molar-refractivity contribution in [2.24, 2.45) is 0 Å². The Balaban J connectivity index is 2.02. The second kappa shape index (κ2) is 5.49. The van der Waals surface area contributed by atoms with Crippen LogP contribution in [0.1, 0.15) is 11.1 Å². The minimum Gasteiger partial charge on any atom is -0.381 e. The second-order valence-corrected chi connectivity index (χ2v) is 5.11. The molecule has 0 fully saturated rings. The number of nitrogens with one attached hydrogen (secondary N) is 1. The number of aryl methyl sites for hydroxylation is 1. The third-order valence-electron chi connectivity index (χ3n) is 2.58. The van der Waals surface area contributed by atoms with Crippen LogP contribution in [0.2, 0.25) is 0 Å². The Bertz CT molecular complexity index is 508. The first-order chi connectivity index (χ1) is 8.15. The van der Waals surface area contributed by atoms with Gasteiger partial charge < -0.3 is 5.32 Å². The van der Waals surface area contributed by atoms with Gasteiger partial charge in [0, 0.05) is 15.8 Å². The molecule has 0 aliphatic rings. The van der Waals surface area contributed by atoms with Crippen LogP contribution in [0.4, 0.5) is 10.1 Å². The highest BCUT2D eigenvalue weighted by Crippen LogP contribution is 2.17. The summed E-state index contributed by atoms with van der Waals surface area (Å²) in [6, 6.07) is 12.8. The van der Waals surface area contributed by atoms with Gasteiger partial charge in [-0.1, -0.05) is 18.2 Å². The summed E-state index contributed by atoms with van der Waals surface area (Å²) >= 11 is 2.32. The summed E-state index contributed by atoms with van der Waals surface area (Å²) in [6.07, 6.45) is 0.